The number of nitrogen functional groups attached to an aromatic ring is 1. The molecule has 0 radical (unpaired) electrons. The summed E-state index contributed by atoms with van der Waals surface area (Å²) in [5.41, 5.74) is 5.75. The van der Waals surface area contributed by atoms with E-state index in [9.17, 15) is 14.4 Å². The number of aromatic nitrogens is 2. The highest BCUT2D eigenvalue weighted by molar-refractivity contribution is 6.31. The van der Waals surface area contributed by atoms with Gasteiger partial charge in [-0.25, -0.2) is 4.79 Å². The number of aromatic amines is 1. The van der Waals surface area contributed by atoms with E-state index in [0.717, 1.165) is 18.4 Å². The van der Waals surface area contributed by atoms with Gasteiger partial charge in [0.2, 0.25) is 5.91 Å². The van der Waals surface area contributed by atoms with Crippen molar-refractivity contribution >= 4 is 29.0 Å². The number of halogens is 1. The van der Waals surface area contributed by atoms with E-state index in [1.54, 1.807) is 13.0 Å². The van der Waals surface area contributed by atoms with Gasteiger partial charge in [0.15, 0.2) is 5.69 Å². The van der Waals surface area contributed by atoms with Crippen LogP contribution < -0.4 is 27.2 Å². The Hall–Kier alpha value is -2.58. The first kappa shape index (κ1) is 22.7. The van der Waals surface area contributed by atoms with Crippen LogP contribution in [0.5, 0.6) is 0 Å². The Morgan fingerprint density at radius 3 is 2.62 bits per heavy atom. The highest BCUT2D eigenvalue weighted by Gasteiger charge is 2.23. The molecule has 1 amide bonds. The van der Waals surface area contributed by atoms with Crippen molar-refractivity contribution in [2.45, 2.75) is 46.2 Å². The molecule has 0 aliphatic heterocycles. The number of benzene rings is 1. The summed E-state index contributed by atoms with van der Waals surface area (Å²) in [4.78, 5) is 40.9. The number of H-pyrrole nitrogens is 1. The molecule has 0 saturated carbocycles. The number of carbonyl (C=O) groups is 1. The van der Waals surface area contributed by atoms with Gasteiger partial charge in [-0.2, -0.15) is 0 Å². The molecule has 1 aromatic heterocycles. The van der Waals surface area contributed by atoms with Gasteiger partial charge in [-0.3, -0.25) is 19.1 Å². The summed E-state index contributed by atoms with van der Waals surface area (Å²) in [5, 5.41) is 3.73. The predicted molar refractivity (Wildman–Crippen MR) is 117 cm³/mol. The molecular weight excluding hydrogens is 394 g/mol. The van der Waals surface area contributed by atoms with Crippen LogP contribution in [0.1, 0.15) is 45.2 Å². The molecule has 1 atom stereocenters. The van der Waals surface area contributed by atoms with E-state index in [2.05, 4.69) is 10.3 Å². The molecular formula is C20H28ClN5O3. The van der Waals surface area contributed by atoms with Gasteiger partial charge in [0.1, 0.15) is 5.82 Å². The Balaban J connectivity index is 2.24. The fourth-order valence-corrected chi connectivity index (χ4v) is 3.41. The van der Waals surface area contributed by atoms with Crippen molar-refractivity contribution in [3.63, 3.8) is 0 Å². The normalized spacial score (nSPS) is 12.0. The first-order valence-corrected chi connectivity index (χ1v) is 10.1. The monoisotopic (exact) mass is 421 g/mol. The van der Waals surface area contributed by atoms with Crippen LogP contribution in [0.15, 0.2) is 33.9 Å². The van der Waals surface area contributed by atoms with Crippen LogP contribution in [-0.2, 0) is 11.3 Å². The van der Waals surface area contributed by atoms with E-state index in [1.165, 1.54) is 9.47 Å². The summed E-state index contributed by atoms with van der Waals surface area (Å²) in [7, 11) is 0. The minimum atomic E-state index is -0.672. The lowest BCUT2D eigenvalue weighted by Gasteiger charge is -2.24. The standard InChI is InChI=1S/C20H28ClN5O3/c1-4-6-11-26-18(22)17(19(28)24-20(26)29)25(5-2)16(27)12-23-13(3)14-9-7-8-10-15(14)21/h7-10,13,23H,4-6,11-12,22H2,1-3H3,(H,24,28,29)/t13-/m1/s1. The average Bonchev–Trinajstić information content (AvgIpc) is 2.69. The van der Waals surface area contributed by atoms with Crippen molar-refractivity contribution in [2.24, 2.45) is 0 Å². The van der Waals surface area contributed by atoms with Crippen LogP contribution in [0.4, 0.5) is 11.5 Å². The van der Waals surface area contributed by atoms with Crippen molar-refractivity contribution in [3.8, 4) is 0 Å². The molecule has 2 aromatic rings. The van der Waals surface area contributed by atoms with E-state index >= 15 is 0 Å². The molecule has 158 valence electrons. The topological polar surface area (TPSA) is 113 Å². The summed E-state index contributed by atoms with van der Waals surface area (Å²) in [6.45, 7) is 6.22. The van der Waals surface area contributed by atoms with Crippen LogP contribution in [-0.4, -0.2) is 28.5 Å². The largest absolute Gasteiger partial charge is 0.383 e. The van der Waals surface area contributed by atoms with E-state index < -0.39 is 11.2 Å². The van der Waals surface area contributed by atoms with Gasteiger partial charge in [0.25, 0.3) is 5.56 Å². The predicted octanol–water partition coefficient (Wildman–Crippen LogP) is 2.28. The number of nitrogens with zero attached hydrogens (tertiary/aromatic N) is 2. The number of amides is 1. The van der Waals surface area contributed by atoms with Crippen molar-refractivity contribution in [1.29, 1.82) is 0 Å². The maximum Gasteiger partial charge on any atom is 0.330 e. The lowest BCUT2D eigenvalue weighted by molar-refractivity contribution is -0.117. The van der Waals surface area contributed by atoms with Crippen molar-refractivity contribution in [1.82, 2.24) is 14.9 Å². The Bertz CT molecular complexity index is 969. The third-order valence-electron chi connectivity index (χ3n) is 4.77. The molecule has 0 spiro atoms. The number of hydrogen-bond acceptors (Lipinski definition) is 5. The minimum Gasteiger partial charge on any atom is -0.383 e. The molecule has 0 aliphatic carbocycles. The third-order valence-corrected chi connectivity index (χ3v) is 5.11. The summed E-state index contributed by atoms with van der Waals surface area (Å²) >= 11 is 6.21. The molecule has 4 N–H and O–H groups in total. The molecule has 1 heterocycles. The first-order chi connectivity index (χ1) is 13.8. The number of nitrogens with one attached hydrogen (secondary N) is 2. The van der Waals surface area contributed by atoms with Gasteiger partial charge in [-0.15, -0.1) is 0 Å². The molecule has 29 heavy (non-hydrogen) atoms. The number of likely N-dealkylation sites (N-methyl/N-ethyl adjacent to an activating group) is 1. The lowest BCUT2D eigenvalue weighted by Crippen LogP contribution is -2.44. The van der Waals surface area contributed by atoms with Gasteiger partial charge in [0, 0.05) is 24.2 Å². The lowest BCUT2D eigenvalue weighted by atomic mass is 10.1. The van der Waals surface area contributed by atoms with Crippen LogP contribution in [0.3, 0.4) is 0 Å². The maximum absolute atomic E-state index is 12.8. The molecule has 8 nitrogen and oxygen atoms in total. The van der Waals surface area contributed by atoms with E-state index in [1.807, 2.05) is 32.0 Å². The quantitative estimate of drug-likeness (QED) is 0.574. The zero-order valence-electron chi connectivity index (χ0n) is 17.0. The second kappa shape index (κ2) is 10.3. The van der Waals surface area contributed by atoms with Gasteiger partial charge < -0.3 is 16.0 Å². The van der Waals surface area contributed by atoms with Crippen LogP contribution in [0.25, 0.3) is 0 Å². The van der Waals surface area contributed by atoms with Gasteiger partial charge in [-0.05, 0) is 31.9 Å². The summed E-state index contributed by atoms with van der Waals surface area (Å²) in [5.74, 6) is -0.328. The Morgan fingerprint density at radius 2 is 2.00 bits per heavy atom. The Morgan fingerprint density at radius 1 is 1.31 bits per heavy atom. The number of hydrogen-bond donors (Lipinski definition) is 3. The summed E-state index contributed by atoms with van der Waals surface area (Å²) < 4.78 is 1.30. The zero-order valence-corrected chi connectivity index (χ0v) is 17.8. The fourth-order valence-electron chi connectivity index (χ4n) is 3.11. The third kappa shape index (κ3) is 5.27. The molecule has 0 fully saturated rings. The summed E-state index contributed by atoms with van der Waals surface area (Å²) in [6.07, 6.45) is 1.59. The fraction of sp³-hybridized carbons (Fsp3) is 0.450. The first-order valence-electron chi connectivity index (χ1n) is 9.72. The van der Waals surface area contributed by atoms with Crippen LogP contribution >= 0.6 is 11.6 Å². The number of carbonyl (C=O) groups excluding carboxylic acids is 1. The van der Waals surface area contributed by atoms with Crippen LogP contribution in [0, 0.1) is 0 Å². The second-order valence-corrected chi connectivity index (χ2v) is 7.17. The number of rotatable bonds is 9. The van der Waals surface area contributed by atoms with Crippen molar-refractivity contribution in [2.75, 3.05) is 23.7 Å². The smallest absolute Gasteiger partial charge is 0.330 e. The highest BCUT2D eigenvalue weighted by atomic mass is 35.5. The Labute approximate surface area is 174 Å². The van der Waals surface area contributed by atoms with Gasteiger partial charge >= 0.3 is 5.69 Å². The molecule has 0 unspecified atom stereocenters. The molecule has 2 rings (SSSR count). The van der Waals surface area contributed by atoms with Gasteiger partial charge in [-0.1, -0.05) is 43.1 Å². The summed E-state index contributed by atoms with van der Waals surface area (Å²) in [6, 6.07) is 7.22. The number of unbranched alkanes of at least 4 members (excludes halogenated alkanes) is 1. The highest BCUT2D eigenvalue weighted by Crippen LogP contribution is 2.22. The van der Waals surface area contributed by atoms with Crippen LogP contribution in [0.2, 0.25) is 5.02 Å². The zero-order chi connectivity index (χ0) is 21.6. The maximum atomic E-state index is 12.8. The SMILES string of the molecule is CCCCn1c(N)c(N(CC)C(=O)CN[C@H](C)c2ccccc2Cl)c(=O)[nH]c1=O. The van der Waals surface area contributed by atoms with Crippen molar-refractivity contribution in [3.05, 3.63) is 55.7 Å². The molecule has 0 aliphatic rings. The number of anilines is 2. The van der Waals surface area contributed by atoms with E-state index in [4.69, 9.17) is 17.3 Å². The number of nitrogens with two attached hydrogens (primary N) is 1. The Kier molecular flexibility index (Phi) is 8.04. The molecule has 0 bridgehead atoms. The van der Waals surface area contributed by atoms with Crippen molar-refractivity contribution < 1.29 is 4.79 Å². The molecule has 9 heteroatoms. The van der Waals surface area contributed by atoms with E-state index in [0.29, 0.717) is 11.6 Å². The van der Waals surface area contributed by atoms with Gasteiger partial charge in [0.05, 0.1) is 6.54 Å². The average molecular weight is 422 g/mol. The minimum absolute atomic E-state index is 0.000370. The molecule has 0 saturated heterocycles. The molecule has 1 aromatic carbocycles. The van der Waals surface area contributed by atoms with E-state index in [-0.39, 0.29) is 36.5 Å². The second-order valence-electron chi connectivity index (χ2n) is 6.76.